The maximum atomic E-state index is 4.38. The van der Waals surface area contributed by atoms with Crippen LogP contribution in [0.3, 0.4) is 0 Å². The predicted molar refractivity (Wildman–Crippen MR) is 68.6 cm³/mol. The van der Waals surface area contributed by atoms with Crippen LogP contribution in [0.15, 0.2) is 12.4 Å². The molecule has 0 radical (unpaired) electrons. The number of rotatable bonds is 7. The Hall–Kier alpha value is -0.830. The summed E-state index contributed by atoms with van der Waals surface area (Å²) in [5.74, 6) is 1.91. The molecule has 3 heteroatoms. The van der Waals surface area contributed by atoms with Gasteiger partial charge in [0.2, 0.25) is 0 Å². The molecule has 0 amide bonds. The molecule has 0 aliphatic carbocycles. The number of hydrogen-bond donors (Lipinski definition) is 1. The summed E-state index contributed by atoms with van der Waals surface area (Å²) in [5.41, 5.74) is 0. The summed E-state index contributed by atoms with van der Waals surface area (Å²) in [7, 11) is 0. The van der Waals surface area contributed by atoms with Gasteiger partial charge in [-0.25, -0.2) is 4.98 Å². The molecule has 0 aliphatic rings. The maximum absolute atomic E-state index is 4.38. The minimum absolute atomic E-state index is 0.538. The van der Waals surface area contributed by atoms with Crippen molar-refractivity contribution >= 4 is 0 Å². The van der Waals surface area contributed by atoms with Crippen LogP contribution in [0.1, 0.15) is 46.0 Å². The Balaban J connectivity index is 2.53. The molecule has 1 heterocycles. The molecule has 1 unspecified atom stereocenters. The van der Waals surface area contributed by atoms with Crippen LogP contribution in [0.2, 0.25) is 0 Å². The zero-order valence-electron chi connectivity index (χ0n) is 11.0. The molecule has 1 aromatic heterocycles. The molecular formula is C13H25N3. The van der Waals surface area contributed by atoms with Gasteiger partial charge in [0, 0.05) is 31.4 Å². The van der Waals surface area contributed by atoms with Crippen LogP contribution in [0.4, 0.5) is 0 Å². The minimum Gasteiger partial charge on any atom is -0.331 e. The van der Waals surface area contributed by atoms with Crippen molar-refractivity contribution in [2.24, 2.45) is 5.92 Å². The Kier molecular flexibility index (Phi) is 5.53. The van der Waals surface area contributed by atoms with Crippen LogP contribution in [0, 0.1) is 5.92 Å². The average Bonchev–Trinajstić information content (AvgIpc) is 2.72. The van der Waals surface area contributed by atoms with E-state index in [0.717, 1.165) is 25.9 Å². The van der Waals surface area contributed by atoms with E-state index < -0.39 is 0 Å². The number of aromatic nitrogens is 2. The highest BCUT2D eigenvalue weighted by Crippen LogP contribution is 2.13. The van der Waals surface area contributed by atoms with E-state index in [2.05, 4.69) is 48.8 Å². The Morgan fingerprint density at radius 2 is 2.06 bits per heavy atom. The van der Waals surface area contributed by atoms with E-state index in [0.29, 0.717) is 12.0 Å². The van der Waals surface area contributed by atoms with Gasteiger partial charge in [0.25, 0.3) is 0 Å². The standard InChI is InChI=1S/C13H25N3/c1-5-12(10-14-9-11(3)4)16-8-7-15-13(16)6-2/h7-8,11-12,14H,5-6,9-10H2,1-4H3. The van der Waals surface area contributed by atoms with Gasteiger partial charge >= 0.3 is 0 Å². The van der Waals surface area contributed by atoms with Gasteiger partial charge in [-0.1, -0.05) is 27.7 Å². The van der Waals surface area contributed by atoms with E-state index in [1.807, 2.05) is 6.20 Å². The molecule has 1 aromatic rings. The summed E-state index contributed by atoms with van der Waals surface area (Å²) in [5, 5.41) is 3.53. The Morgan fingerprint density at radius 1 is 1.31 bits per heavy atom. The molecule has 0 spiro atoms. The SMILES string of the molecule is CCc1nccn1C(CC)CNCC(C)C. The Bertz CT molecular complexity index is 291. The molecule has 1 rings (SSSR count). The van der Waals surface area contributed by atoms with Crippen molar-refractivity contribution in [3.05, 3.63) is 18.2 Å². The Morgan fingerprint density at radius 3 is 2.62 bits per heavy atom. The molecule has 0 saturated carbocycles. The van der Waals surface area contributed by atoms with Gasteiger partial charge in [-0.3, -0.25) is 0 Å². The molecule has 0 saturated heterocycles. The minimum atomic E-state index is 0.538. The lowest BCUT2D eigenvalue weighted by Gasteiger charge is -2.20. The predicted octanol–water partition coefficient (Wildman–Crippen LogP) is 2.64. The molecule has 1 atom stereocenters. The van der Waals surface area contributed by atoms with Gasteiger partial charge in [-0.05, 0) is 18.9 Å². The first-order chi connectivity index (χ1) is 7.69. The van der Waals surface area contributed by atoms with Crippen LogP contribution < -0.4 is 5.32 Å². The second kappa shape index (κ2) is 6.69. The monoisotopic (exact) mass is 223 g/mol. The topological polar surface area (TPSA) is 29.9 Å². The third-order valence-electron chi connectivity index (χ3n) is 2.86. The Labute approximate surface area is 99.3 Å². The molecule has 0 fully saturated rings. The molecule has 0 bridgehead atoms. The van der Waals surface area contributed by atoms with Crippen molar-refractivity contribution in [2.75, 3.05) is 13.1 Å². The van der Waals surface area contributed by atoms with Gasteiger partial charge in [-0.2, -0.15) is 0 Å². The van der Waals surface area contributed by atoms with Crippen LogP contribution in [0.5, 0.6) is 0 Å². The van der Waals surface area contributed by atoms with E-state index in [9.17, 15) is 0 Å². The first-order valence-electron chi connectivity index (χ1n) is 6.41. The van der Waals surface area contributed by atoms with Crippen LogP contribution in [-0.4, -0.2) is 22.6 Å². The summed E-state index contributed by atoms with van der Waals surface area (Å²) < 4.78 is 2.31. The lowest BCUT2D eigenvalue weighted by atomic mass is 10.2. The molecule has 0 aromatic carbocycles. The summed E-state index contributed by atoms with van der Waals surface area (Å²) >= 11 is 0. The van der Waals surface area contributed by atoms with Crippen molar-refractivity contribution in [1.82, 2.24) is 14.9 Å². The van der Waals surface area contributed by atoms with E-state index in [1.165, 1.54) is 5.82 Å². The van der Waals surface area contributed by atoms with Crippen molar-refractivity contribution < 1.29 is 0 Å². The molecule has 3 nitrogen and oxygen atoms in total. The number of nitrogens with zero attached hydrogens (tertiary/aromatic N) is 2. The fourth-order valence-electron chi connectivity index (χ4n) is 1.93. The molecule has 0 aliphatic heterocycles. The summed E-state index contributed by atoms with van der Waals surface area (Å²) in [6, 6.07) is 0.538. The average molecular weight is 223 g/mol. The largest absolute Gasteiger partial charge is 0.331 e. The lowest BCUT2D eigenvalue weighted by Crippen LogP contribution is -2.28. The number of nitrogens with one attached hydrogen (secondary N) is 1. The normalized spacial score (nSPS) is 13.3. The highest BCUT2D eigenvalue weighted by Gasteiger charge is 2.11. The van der Waals surface area contributed by atoms with Crippen LogP contribution in [0.25, 0.3) is 0 Å². The first-order valence-corrected chi connectivity index (χ1v) is 6.41. The molecular weight excluding hydrogens is 198 g/mol. The molecule has 92 valence electrons. The van der Waals surface area contributed by atoms with E-state index in [-0.39, 0.29) is 0 Å². The second-order valence-corrected chi connectivity index (χ2v) is 4.72. The maximum Gasteiger partial charge on any atom is 0.108 e. The van der Waals surface area contributed by atoms with Crippen molar-refractivity contribution in [3.8, 4) is 0 Å². The number of hydrogen-bond acceptors (Lipinski definition) is 2. The van der Waals surface area contributed by atoms with Crippen molar-refractivity contribution in [2.45, 2.75) is 46.6 Å². The zero-order valence-corrected chi connectivity index (χ0v) is 11.0. The van der Waals surface area contributed by atoms with Crippen molar-refractivity contribution in [3.63, 3.8) is 0 Å². The van der Waals surface area contributed by atoms with E-state index >= 15 is 0 Å². The van der Waals surface area contributed by atoms with Crippen LogP contribution >= 0.6 is 0 Å². The summed E-state index contributed by atoms with van der Waals surface area (Å²) in [6.45, 7) is 11.0. The van der Waals surface area contributed by atoms with Gasteiger partial charge in [0.05, 0.1) is 0 Å². The van der Waals surface area contributed by atoms with Crippen molar-refractivity contribution in [1.29, 1.82) is 0 Å². The fourth-order valence-corrected chi connectivity index (χ4v) is 1.93. The third-order valence-corrected chi connectivity index (χ3v) is 2.86. The highest BCUT2D eigenvalue weighted by atomic mass is 15.1. The zero-order chi connectivity index (χ0) is 12.0. The molecule has 1 N–H and O–H groups in total. The van der Waals surface area contributed by atoms with E-state index in [4.69, 9.17) is 0 Å². The van der Waals surface area contributed by atoms with E-state index in [1.54, 1.807) is 0 Å². The highest BCUT2D eigenvalue weighted by molar-refractivity contribution is 4.95. The lowest BCUT2D eigenvalue weighted by molar-refractivity contribution is 0.419. The van der Waals surface area contributed by atoms with Gasteiger partial charge in [-0.15, -0.1) is 0 Å². The first kappa shape index (κ1) is 13.2. The summed E-state index contributed by atoms with van der Waals surface area (Å²) in [4.78, 5) is 4.38. The van der Waals surface area contributed by atoms with Gasteiger partial charge < -0.3 is 9.88 Å². The van der Waals surface area contributed by atoms with Crippen LogP contribution in [-0.2, 0) is 6.42 Å². The third kappa shape index (κ3) is 3.63. The number of aryl methyl sites for hydroxylation is 1. The smallest absolute Gasteiger partial charge is 0.108 e. The number of imidazole rings is 1. The van der Waals surface area contributed by atoms with Gasteiger partial charge in [0.15, 0.2) is 0 Å². The quantitative estimate of drug-likeness (QED) is 0.770. The summed E-state index contributed by atoms with van der Waals surface area (Å²) in [6.07, 6.45) is 6.16. The molecule has 16 heavy (non-hydrogen) atoms. The van der Waals surface area contributed by atoms with Gasteiger partial charge in [0.1, 0.15) is 5.82 Å². The second-order valence-electron chi connectivity index (χ2n) is 4.72. The fraction of sp³-hybridized carbons (Fsp3) is 0.769.